The number of benzene rings is 2. The lowest BCUT2D eigenvalue weighted by Crippen LogP contribution is -2.29. The highest BCUT2D eigenvalue weighted by molar-refractivity contribution is 7.91. The lowest BCUT2D eigenvalue weighted by Gasteiger charge is -2.14. The predicted octanol–water partition coefficient (Wildman–Crippen LogP) is 3.03. The maximum atomic E-state index is 13.1. The minimum atomic E-state index is -3.01. The summed E-state index contributed by atoms with van der Waals surface area (Å²) in [6.45, 7) is 1.93. The molecule has 0 bridgehead atoms. The highest BCUT2D eigenvalue weighted by atomic mass is 35.5. The molecule has 1 fully saturated rings. The smallest absolute Gasteiger partial charge is 0.231 e. The second kappa shape index (κ2) is 9.62. The van der Waals surface area contributed by atoms with Crippen molar-refractivity contribution in [2.24, 2.45) is 0 Å². The van der Waals surface area contributed by atoms with E-state index in [-0.39, 0.29) is 53.8 Å². The average molecular weight is 496 g/mol. The van der Waals surface area contributed by atoms with Crippen LogP contribution in [0.15, 0.2) is 30.0 Å². The van der Waals surface area contributed by atoms with Crippen molar-refractivity contribution in [2.75, 3.05) is 25.7 Å². The van der Waals surface area contributed by atoms with E-state index in [1.165, 1.54) is 7.11 Å². The molecule has 1 saturated heterocycles. The largest absolute Gasteiger partial charge is 0.507 e. The van der Waals surface area contributed by atoms with Crippen LogP contribution in [0, 0.1) is 6.92 Å². The predicted molar refractivity (Wildman–Crippen MR) is 126 cm³/mol. The zero-order chi connectivity index (χ0) is 23.0. The second-order valence-electron chi connectivity index (χ2n) is 7.91. The van der Waals surface area contributed by atoms with Crippen molar-refractivity contribution in [2.45, 2.75) is 25.9 Å². The van der Waals surface area contributed by atoms with Gasteiger partial charge in [0.1, 0.15) is 23.0 Å². The van der Waals surface area contributed by atoms with Crippen molar-refractivity contribution in [1.82, 2.24) is 5.32 Å². The van der Waals surface area contributed by atoms with Gasteiger partial charge in [-0.1, -0.05) is 0 Å². The third kappa shape index (κ3) is 4.95. The van der Waals surface area contributed by atoms with Crippen molar-refractivity contribution in [3.05, 3.63) is 52.3 Å². The summed E-state index contributed by atoms with van der Waals surface area (Å²) in [7, 11) is 0.0746. The zero-order valence-electron chi connectivity index (χ0n) is 18.5. The van der Waals surface area contributed by atoms with Gasteiger partial charge in [-0.05, 0) is 43.7 Å². The number of hydrogen-bond donors (Lipinski definition) is 2. The number of sulfone groups is 1. The van der Waals surface area contributed by atoms with E-state index in [2.05, 4.69) is 5.32 Å². The summed E-state index contributed by atoms with van der Waals surface area (Å²) in [5.41, 5.74) is 1.94. The maximum absolute atomic E-state index is 13.1. The Morgan fingerprint density at radius 3 is 2.64 bits per heavy atom. The lowest BCUT2D eigenvalue weighted by molar-refractivity contribution is 0.101. The number of Topliss-reactive ketones (excluding diaryl/α,β-unsaturated/α-hetero) is 1. The molecule has 0 spiro atoms. The number of methoxy groups -OCH3 is 2. The van der Waals surface area contributed by atoms with Gasteiger partial charge >= 0.3 is 0 Å². The number of carbonyl (C=O) groups excluding carboxylic acids is 1. The summed E-state index contributed by atoms with van der Waals surface area (Å²) in [6, 6.07) is 6.66. The van der Waals surface area contributed by atoms with Crippen LogP contribution in [-0.2, 0) is 16.4 Å². The lowest BCUT2D eigenvalue weighted by atomic mass is 10.0. The first-order valence-corrected chi connectivity index (χ1v) is 12.0. The van der Waals surface area contributed by atoms with Crippen LogP contribution in [-0.4, -0.2) is 51.1 Å². The fourth-order valence-corrected chi connectivity index (χ4v) is 5.69. The van der Waals surface area contributed by atoms with Gasteiger partial charge in [0.05, 0.1) is 31.3 Å². The molecule has 2 heterocycles. The first-order chi connectivity index (χ1) is 15.2. The van der Waals surface area contributed by atoms with Gasteiger partial charge in [0.15, 0.2) is 15.6 Å². The Kier molecular flexibility index (Phi) is 7.26. The zero-order valence-corrected chi connectivity index (χ0v) is 20.1. The van der Waals surface area contributed by atoms with Crippen LogP contribution < -0.4 is 19.5 Å². The maximum Gasteiger partial charge on any atom is 0.231 e. The third-order valence-corrected chi connectivity index (χ3v) is 7.55. The number of aromatic hydroxyl groups is 1. The molecule has 1 atom stereocenters. The number of ether oxygens (including phenoxy) is 3. The van der Waals surface area contributed by atoms with Crippen molar-refractivity contribution in [3.63, 3.8) is 0 Å². The van der Waals surface area contributed by atoms with E-state index in [0.29, 0.717) is 45.9 Å². The van der Waals surface area contributed by atoms with Crippen LogP contribution in [0.5, 0.6) is 23.0 Å². The molecular weight excluding hydrogens is 470 g/mol. The SMILES string of the molecule is COc1ccc(OC)c(C=C2Oc3c(cc(CNC4CCS(=O)(=O)C4)c(O)c3C)C2=O)c1.Cl. The molecule has 10 heteroatoms. The molecule has 2 aromatic rings. The molecule has 4 rings (SSSR count). The van der Waals surface area contributed by atoms with Gasteiger partial charge in [-0.3, -0.25) is 4.79 Å². The number of ketones is 1. The summed E-state index contributed by atoms with van der Waals surface area (Å²) < 4.78 is 39.8. The topological polar surface area (TPSA) is 111 Å². The van der Waals surface area contributed by atoms with E-state index in [1.54, 1.807) is 44.4 Å². The van der Waals surface area contributed by atoms with Crippen LogP contribution >= 0.6 is 12.4 Å². The minimum Gasteiger partial charge on any atom is -0.507 e. The quantitative estimate of drug-likeness (QED) is 0.588. The van der Waals surface area contributed by atoms with Crippen molar-refractivity contribution in [3.8, 4) is 23.0 Å². The summed E-state index contributed by atoms with van der Waals surface area (Å²) in [5, 5.41) is 13.8. The van der Waals surface area contributed by atoms with Crippen molar-refractivity contribution in [1.29, 1.82) is 0 Å². The number of phenolic OH excluding ortho intramolecular Hbond substituents is 1. The van der Waals surface area contributed by atoms with Gasteiger partial charge in [-0.25, -0.2) is 8.42 Å². The normalized spacial score (nSPS) is 19.7. The van der Waals surface area contributed by atoms with Gasteiger partial charge in [-0.15, -0.1) is 12.4 Å². The van der Waals surface area contributed by atoms with Gasteiger partial charge in [-0.2, -0.15) is 0 Å². The van der Waals surface area contributed by atoms with Gasteiger partial charge in [0, 0.05) is 29.3 Å². The summed E-state index contributed by atoms with van der Waals surface area (Å²) in [4.78, 5) is 13.1. The van der Waals surface area contributed by atoms with E-state index in [0.717, 1.165) is 0 Å². The highest BCUT2D eigenvalue weighted by Crippen LogP contribution is 2.41. The Hall–Kier alpha value is -2.75. The molecule has 0 aliphatic carbocycles. The minimum absolute atomic E-state index is 0. The van der Waals surface area contributed by atoms with Crippen LogP contribution in [0.3, 0.4) is 0 Å². The molecule has 178 valence electrons. The Bertz CT molecular complexity index is 1220. The molecule has 33 heavy (non-hydrogen) atoms. The van der Waals surface area contributed by atoms with E-state index in [4.69, 9.17) is 14.2 Å². The fourth-order valence-electron chi connectivity index (χ4n) is 3.98. The van der Waals surface area contributed by atoms with Crippen LogP contribution in [0.2, 0.25) is 0 Å². The Labute approximate surface area is 198 Å². The number of phenols is 1. The van der Waals surface area contributed by atoms with Gasteiger partial charge in [0.25, 0.3) is 0 Å². The van der Waals surface area contributed by atoms with E-state index < -0.39 is 9.84 Å². The molecule has 0 aromatic heterocycles. The molecule has 2 aliphatic rings. The fraction of sp³-hybridized carbons (Fsp3) is 0.348. The molecule has 0 amide bonds. The molecule has 2 aliphatic heterocycles. The number of fused-ring (bicyclic) bond motifs is 1. The van der Waals surface area contributed by atoms with Gasteiger partial charge in [0.2, 0.25) is 5.78 Å². The van der Waals surface area contributed by atoms with E-state index >= 15 is 0 Å². The summed E-state index contributed by atoms with van der Waals surface area (Å²) >= 11 is 0. The molecule has 1 unspecified atom stereocenters. The number of carbonyl (C=O) groups is 1. The molecule has 0 radical (unpaired) electrons. The first-order valence-electron chi connectivity index (χ1n) is 10.2. The van der Waals surface area contributed by atoms with Crippen LogP contribution in [0.25, 0.3) is 6.08 Å². The number of nitrogens with one attached hydrogen (secondary N) is 1. The summed E-state index contributed by atoms with van der Waals surface area (Å²) in [6.07, 6.45) is 2.12. The van der Waals surface area contributed by atoms with Crippen molar-refractivity contribution >= 4 is 34.1 Å². The molecular formula is C23H26ClNO7S. The second-order valence-corrected chi connectivity index (χ2v) is 10.1. The van der Waals surface area contributed by atoms with Crippen LogP contribution in [0.4, 0.5) is 0 Å². The summed E-state index contributed by atoms with van der Waals surface area (Å²) in [5.74, 6) is 1.54. The highest BCUT2D eigenvalue weighted by Gasteiger charge is 2.32. The number of hydrogen-bond acceptors (Lipinski definition) is 8. The van der Waals surface area contributed by atoms with Crippen molar-refractivity contribution < 1.29 is 32.5 Å². The molecule has 0 saturated carbocycles. The number of halogens is 1. The first kappa shape index (κ1) is 24.9. The molecule has 2 N–H and O–H groups in total. The Morgan fingerprint density at radius 1 is 1.24 bits per heavy atom. The number of rotatable bonds is 6. The van der Waals surface area contributed by atoms with E-state index in [1.807, 2.05) is 0 Å². The average Bonchev–Trinajstić information content (AvgIpc) is 3.28. The monoisotopic (exact) mass is 495 g/mol. The Morgan fingerprint density at radius 2 is 2.00 bits per heavy atom. The number of allylic oxidation sites excluding steroid dienone is 1. The van der Waals surface area contributed by atoms with Crippen LogP contribution in [0.1, 0.15) is 33.5 Å². The molecule has 8 nitrogen and oxygen atoms in total. The Balaban J connectivity index is 0.00000306. The third-order valence-electron chi connectivity index (χ3n) is 5.78. The van der Waals surface area contributed by atoms with Gasteiger partial charge < -0.3 is 24.6 Å². The standard InChI is InChI=1S/C23H25NO7S.ClH/c1-13-21(25)15(11-24-16-6-7-32(27,28)12-16)9-18-22(26)20(31-23(13)18)10-14-8-17(29-2)4-5-19(14)30-3;/h4-5,8-10,16,24-25H,6-7,11-12H2,1-3H3;1H. The molecule has 2 aromatic carbocycles. The van der Waals surface area contributed by atoms with E-state index in [9.17, 15) is 18.3 Å².